The molecule has 0 bridgehead atoms. The van der Waals surface area contributed by atoms with Crippen molar-refractivity contribution in [3.8, 4) is 0 Å². The first-order chi connectivity index (χ1) is 13.7. The summed E-state index contributed by atoms with van der Waals surface area (Å²) < 4.78 is 7.35. The van der Waals surface area contributed by atoms with Gasteiger partial charge in [-0.25, -0.2) is 0 Å². The van der Waals surface area contributed by atoms with Crippen molar-refractivity contribution in [3.05, 3.63) is 11.6 Å². The number of nitrogens with one attached hydrogen (secondary N) is 1. The number of amides is 2. The van der Waals surface area contributed by atoms with E-state index in [-0.39, 0.29) is 17.7 Å². The zero-order chi connectivity index (χ0) is 19.3. The minimum atomic E-state index is -0.0561. The summed E-state index contributed by atoms with van der Waals surface area (Å²) >= 11 is 0. The molecule has 0 unspecified atom stereocenters. The fourth-order valence-electron chi connectivity index (χ4n) is 4.58. The van der Waals surface area contributed by atoms with Crippen molar-refractivity contribution in [2.75, 3.05) is 26.3 Å². The third kappa shape index (κ3) is 4.54. The summed E-state index contributed by atoms with van der Waals surface area (Å²) in [4.78, 5) is 26.9. The molecular weight excluding hydrogens is 358 g/mol. The lowest BCUT2D eigenvalue weighted by Crippen LogP contribution is -2.35. The fraction of sp³-hybridized carbons (Fsp3) is 0.800. The Morgan fingerprint density at radius 3 is 2.71 bits per heavy atom. The van der Waals surface area contributed by atoms with Gasteiger partial charge in [-0.3, -0.25) is 9.59 Å². The van der Waals surface area contributed by atoms with Crippen LogP contribution in [0.15, 0.2) is 0 Å². The van der Waals surface area contributed by atoms with Crippen LogP contribution in [-0.4, -0.2) is 57.8 Å². The molecule has 8 nitrogen and oxygen atoms in total. The molecule has 1 aromatic heterocycles. The molecule has 0 spiro atoms. The minimum Gasteiger partial charge on any atom is -0.381 e. The summed E-state index contributed by atoms with van der Waals surface area (Å²) in [5, 5.41) is 11.5. The Kier molecular flexibility index (Phi) is 6.24. The SMILES string of the molecule is O=C(NCc1nnc2n1CCN(C(=O)CC1CCCCC1)CC2)[C@@H]1CCOC1. The number of carbonyl (C=O) groups is 2. The van der Waals surface area contributed by atoms with E-state index in [9.17, 15) is 9.59 Å². The van der Waals surface area contributed by atoms with E-state index in [1.54, 1.807) is 0 Å². The number of fused-ring (bicyclic) bond motifs is 1. The Balaban J connectivity index is 1.30. The van der Waals surface area contributed by atoms with Gasteiger partial charge in [-0.1, -0.05) is 19.3 Å². The van der Waals surface area contributed by atoms with E-state index >= 15 is 0 Å². The topological polar surface area (TPSA) is 89.4 Å². The molecule has 1 atom stereocenters. The largest absolute Gasteiger partial charge is 0.381 e. The molecule has 2 amide bonds. The lowest BCUT2D eigenvalue weighted by molar-refractivity contribution is -0.132. The number of hydrogen-bond acceptors (Lipinski definition) is 5. The monoisotopic (exact) mass is 389 g/mol. The number of ether oxygens (including phenoxy) is 1. The Morgan fingerprint density at radius 1 is 1.07 bits per heavy atom. The van der Waals surface area contributed by atoms with Crippen LogP contribution >= 0.6 is 0 Å². The molecule has 8 heteroatoms. The maximum atomic E-state index is 12.8. The first kappa shape index (κ1) is 19.4. The second-order valence-electron chi connectivity index (χ2n) is 8.30. The van der Waals surface area contributed by atoms with E-state index < -0.39 is 0 Å². The first-order valence-electron chi connectivity index (χ1n) is 10.7. The van der Waals surface area contributed by atoms with Gasteiger partial charge in [0.05, 0.1) is 19.1 Å². The van der Waals surface area contributed by atoms with Crippen molar-refractivity contribution in [3.63, 3.8) is 0 Å². The van der Waals surface area contributed by atoms with Gasteiger partial charge in [0, 0.05) is 39.1 Å². The van der Waals surface area contributed by atoms with Gasteiger partial charge in [-0.05, 0) is 25.2 Å². The van der Waals surface area contributed by atoms with Crippen LogP contribution in [0.3, 0.4) is 0 Å². The van der Waals surface area contributed by atoms with Crippen molar-refractivity contribution < 1.29 is 14.3 Å². The molecule has 154 valence electrons. The van der Waals surface area contributed by atoms with Crippen LogP contribution < -0.4 is 5.32 Å². The van der Waals surface area contributed by atoms with Crippen LogP contribution in [0.1, 0.15) is 56.6 Å². The van der Waals surface area contributed by atoms with E-state index in [0.29, 0.717) is 58.2 Å². The third-order valence-electron chi connectivity index (χ3n) is 6.36. The Bertz CT molecular complexity index is 692. The van der Waals surface area contributed by atoms with E-state index in [2.05, 4.69) is 20.1 Å². The van der Waals surface area contributed by atoms with Crippen LogP contribution in [-0.2, 0) is 33.8 Å². The normalized spacial score (nSPS) is 23.3. The highest BCUT2D eigenvalue weighted by molar-refractivity contribution is 5.79. The summed E-state index contributed by atoms with van der Waals surface area (Å²) in [6.45, 7) is 3.61. The summed E-state index contributed by atoms with van der Waals surface area (Å²) in [5.74, 6) is 2.48. The standard InChI is InChI=1S/C20H31N5O3/c26-19(12-15-4-2-1-3-5-15)24-8-6-17-22-23-18(25(17)10-9-24)13-21-20(27)16-7-11-28-14-16/h15-16H,1-14H2,(H,21,27)/t16-/m1/s1. The second-order valence-corrected chi connectivity index (χ2v) is 8.30. The molecule has 0 aromatic carbocycles. The van der Waals surface area contributed by atoms with E-state index in [1.165, 1.54) is 32.1 Å². The molecule has 3 aliphatic rings. The minimum absolute atomic E-state index is 0.0211. The predicted molar refractivity (Wildman–Crippen MR) is 102 cm³/mol. The van der Waals surface area contributed by atoms with E-state index in [0.717, 1.165) is 18.1 Å². The van der Waals surface area contributed by atoms with Gasteiger partial charge in [0.15, 0.2) is 5.82 Å². The average molecular weight is 390 g/mol. The molecule has 1 aliphatic carbocycles. The second kappa shape index (κ2) is 9.03. The molecule has 1 N–H and O–H groups in total. The molecule has 2 fully saturated rings. The summed E-state index contributed by atoms with van der Waals surface area (Å²) in [7, 11) is 0. The van der Waals surface area contributed by atoms with Gasteiger partial charge in [0.25, 0.3) is 0 Å². The fourth-order valence-corrected chi connectivity index (χ4v) is 4.58. The van der Waals surface area contributed by atoms with Gasteiger partial charge in [0.1, 0.15) is 5.82 Å². The Hall–Kier alpha value is -1.96. The number of hydrogen-bond donors (Lipinski definition) is 1. The van der Waals surface area contributed by atoms with Crippen molar-refractivity contribution in [2.24, 2.45) is 11.8 Å². The van der Waals surface area contributed by atoms with Crippen LogP contribution in [0.25, 0.3) is 0 Å². The molecule has 3 heterocycles. The molecular formula is C20H31N5O3. The number of rotatable bonds is 5. The van der Waals surface area contributed by atoms with Gasteiger partial charge in [0.2, 0.25) is 11.8 Å². The lowest BCUT2D eigenvalue weighted by atomic mass is 9.86. The van der Waals surface area contributed by atoms with Gasteiger partial charge in [-0.15, -0.1) is 10.2 Å². The van der Waals surface area contributed by atoms with Gasteiger partial charge < -0.3 is 19.5 Å². The number of aromatic nitrogens is 3. The molecule has 1 saturated heterocycles. The molecule has 1 saturated carbocycles. The maximum Gasteiger partial charge on any atom is 0.225 e. The van der Waals surface area contributed by atoms with Gasteiger partial charge >= 0.3 is 0 Å². The van der Waals surface area contributed by atoms with Crippen LogP contribution in [0.4, 0.5) is 0 Å². The van der Waals surface area contributed by atoms with Crippen molar-refractivity contribution in [2.45, 2.75) is 64.5 Å². The summed E-state index contributed by atoms with van der Waals surface area (Å²) in [6.07, 6.45) is 8.42. The van der Waals surface area contributed by atoms with Crippen molar-refractivity contribution in [1.29, 1.82) is 0 Å². The highest BCUT2D eigenvalue weighted by Gasteiger charge is 2.26. The quantitative estimate of drug-likeness (QED) is 0.820. The molecule has 28 heavy (non-hydrogen) atoms. The zero-order valence-electron chi connectivity index (χ0n) is 16.6. The highest BCUT2D eigenvalue weighted by atomic mass is 16.5. The number of carbonyl (C=O) groups excluding carboxylic acids is 2. The van der Waals surface area contributed by atoms with Crippen molar-refractivity contribution in [1.82, 2.24) is 25.0 Å². The smallest absolute Gasteiger partial charge is 0.225 e. The van der Waals surface area contributed by atoms with Crippen molar-refractivity contribution >= 4 is 11.8 Å². The molecule has 4 rings (SSSR count). The van der Waals surface area contributed by atoms with Gasteiger partial charge in [-0.2, -0.15) is 0 Å². The maximum absolute atomic E-state index is 12.8. The summed E-state index contributed by atoms with van der Waals surface area (Å²) in [5.41, 5.74) is 0. The van der Waals surface area contributed by atoms with E-state index in [1.807, 2.05) is 4.90 Å². The van der Waals surface area contributed by atoms with Crippen LogP contribution in [0.5, 0.6) is 0 Å². The predicted octanol–water partition coefficient (Wildman–Crippen LogP) is 1.29. The first-order valence-corrected chi connectivity index (χ1v) is 10.7. The molecule has 0 radical (unpaired) electrons. The lowest BCUT2D eigenvalue weighted by Gasteiger charge is -2.25. The van der Waals surface area contributed by atoms with Crippen LogP contribution in [0, 0.1) is 11.8 Å². The number of nitrogens with zero attached hydrogens (tertiary/aromatic N) is 4. The summed E-state index contributed by atoms with van der Waals surface area (Å²) in [6, 6.07) is 0. The van der Waals surface area contributed by atoms with Crippen LogP contribution in [0.2, 0.25) is 0 Å². The Labute approximate surface area is 166 Å². The third-order valence-corrected chi connectivity index (χ3v) is 6.36. The zero-order valence-corrected chi connectivity index (χ0v) is 16.6. The van der Waals surface area contributed by atoms with E-state index in [4.69, 9.17) is 4.74 Å². The highest BCUT2D eigenvalue weighted by Crippen LogP contribution is 2.27. The molecule has 1 aromatic rings. The average Bonchev–Trinajstić information content (AvgIpc) is 3.33. The Morgan fingerprint density at radius 2 is 1.93 bits per heavy atom. The molecule has 2 aliphatic heterocycles.